The highest BCUT2D eigenvalue weighted by atomic mass is 32.1. The number of carbonyl (C=O) groups excluding carboxylic acids is 3. The van der Waals surface area contributed by atoms with Crippen molar-refractivity contribution in [3.8, 4) is 0 Å². The quantitative estimate of drug-likeness (QED) is 0.689. The molecular formula is C22H25NO5S. The average Bonchev–Trinajstić information content (AvgIpc) is 3.06. The maximum absolute atomic E-state index is 12.7. The molecule has 1 heterocycles. The van der Waals surface area contributed by atoms with Crippen LogP contribution in [-0.2, 0) is 31.9 Å². The third kappa shape index (κ3) is 4.85. The summed E-state index contributed by atoms with van der Waals surface area (Å²) in [6.07, 6.45) is 2.41. The third-order valence-electron chi connectivity index (χ3n) is 4.78. The first kappa shape index (κ1) is 21.0. The van der Waals surface area contributed by atoms with Crippen LogP contribution in [0.2, 0.25) is 0 Å². The van der Waals surface area contributed by atoms with E-state index in [1.165, 1.54) is 11.3 Å². The van der Waals surface area contributed by atoms with Crippen LogP contribution in [0.4, 0.5) is 5.00 Å². The van der Waals surface area contributed by atoms with Crippen LogP contribution in [0.5, 0.6) is 0 Å². The van der Waals surface area contributed by atoms with E-state index >= 15 is 0 Å². The van der Waals surface area contributed by atoms with E-state index in [0.29, 0.717) is 22.5 Å². The van der Waals surface area contributed by atoms with Gasteiger partial charge in [-0.15, -0.1) is 11.3 Å². The zero-order valence-electron chi connectivity index (χ0n) is 16.7. The summed E-state index contributed by atoms with van der Waals surface area (Å²) in [6.45, 7) is 3.99. The van der Waals surface area contributed by atoms with Gasteiger partial charge in [-0.1, -0.05) is 30.3 Å². The number of amides is 1. The molecule has 1 aliphatic rings. The SMILES string of the molecule is CCOC(=O)c1c(NC(=O)Cc2ccccc2)sc2c1C(C(=O)OCC)CCC2. The molecule has 0 aliphatic heterocycles. The monoisotopic (exact) mass is 415 g/mol. The molecule has 3 rings (SSSR count). The Morgan fingerprint density at radius 2 is 1.83 bits per heavy atom. The molecule has 0 spiro atoms. The van der Waals surface area contributed by atoms with Gasteiger partial charge in [0, 0.05) is 4.88 Å². The molecular weight excluding hydrogens is 390 g/mol. The van der Waals surface area contributed by atoms with E-state index in [9.17, 15) is 14.4 Å². The molecule has 1 aliphatic carbocycles. The molecule has 0 fully saturated rings. The normalized spacial score (nSPS) is 15.3. The summed E-state index contributed by atoms with van der Waals surface area (Å²) in [4.78, 5) is 38.8. The van der Waals surface area contributed by atoms with Crippen molar-refractivity contribution in [3.63, 3.8) is 0 Å². The van der Waals surface area contributed by atoms with Gasteiger partial charge in [0.15, 0.2) is 0 Å². The highest BCUT2D eigenvalue weighted by Crippen LogP contribution is 2.44. The number of aryl methyl sites for hydroxylation is 1. The summed E-state index contributed by atoms with van der Waals surface area (Å²) in [6, 6.07) is 9.40. The zero-order chi connectivity index (χ0) is 20.8. The number of fused-ring (bicyclic) bond motifs is 1. The smallest absolute Gasteiger partial charge is 0.341 e. The minimum Gasteiger partial charge on any atom is -0.466 e. The van der Waals surface area contributed by atoms with Crippen molar-refractivity contribution in [1.82, 2.24) is 0 Å². The number of nitrogens with one attached hydrogen (secondary N) is 1. The van der Waals surface area contributed by atoms with Crippen LogP contribution in [0.3, 0.4) is 0 Å². The van der Waals surface area contributed by atoms with E-state index < -0.39 is 11.9 Å². The van der Waals surface area contributed by atoms with Crippen LogP contribution < -0.4 is 5.32 Å². The van der Waals surface area contributed by atoms with E-state index in [1.807, 2.05) is 30.3 Å². The number of benzene rings is 1. The fourth-order valence-corrected chi connectivity index (χ4v) is 4.89. The lowest BCUT2D eigenvalue weighted by molar-refractivity contribution is -0.145. The molecule has 1 aromatic carbocycles. The minimum atomic E-state index is -0.517. The predicted molar refractivity (Wildman–Crippen MR) is 111 cm³/mol. The highest BCUT2D eigenvalue weighted by Gasteiger charge is 2.36. The third-order valence-corrected chi connectivity index (χ3v) is 5.96. The van der Waals surface area contributed by atoms with Gasteiger partial charge in [0.2, 0.25) is 5.91 Å². The standard InChI is InChI=1S/C22H25NO5S/c1-3-27-21(25)15-11-8-12-16-18(15)19(22(26)28-4-2)20(29-16)23-17(24)13-14-9-6-5-7-10-14/h5-7,9-10,15H,3-4,8,11-13H2,1-2H3,(H,23,24). The number of esters is 2. The van der Waals surface area contributed by atoms with Gasteiger partial charge in [-0.25, -0.2) is 4.79 Å². The van der Waals surface area contributed by atoms with Gasteiger partial charge in [0.25, 0.3) is 0 Å². The number of hydrogen-bond donors (Lipinski definition) is 1. The number of rotatable bonds is 7. The largest absolute Gasteiger partial charge is 0.466 e. The number of carbonyl (C=O) groups is 3. The molecule has 29 heavy (non-hydrogen) atoms. The zero-order valence-corrected chi connectivity index (χ0v) is 17.5. The van der Waals surface area contributed by atoms with Crippen LogP contribution in [0.1, 0.15) is 59.0 Å². The van der Waals surface area contributed by atoms with Crippen molar-refractivity contribution in [2.45, 2.75) is 45.4 Å². The molecule has 0 bridgehead atoms. The Morgan fingerprint density at radius 1 is 1.10 bits per heavy atom. The van der Waals surface area contributed by atoms with Gasteiger partial charge in [-0.2, -0.15) is 0 Å². The van der Waals surface area contributed by atoms with Gasteiger partial charge >= 0.3 is 11.9 Å². The van der Waals surface area contributed by atoms with E-state index in [-0.39, 0.29) is 31.5 Å². The minimum absolute atomic E-state index is 0.201. The van der Waals surface area contributed by atoms with Crippen molar-refractivity contribution >= 4 is 34.2 Å². The fraction of sp³-hybridized carbons (Fsp3) is 0.409. The van der Waals surface area contributed by atoms with Crippen LogP contribution in [0, 0.1) is 0 Å². The van der Waals surface area contributed by atoms with Crippen molar-refractivity contribution in [1.29, 1.82) is 0 Å². The Morgan fingerprint density at radius 3 is 2.52 bits per heavy atom. The molecule has 1 N–H and O–H groups in total. The first-order valence-electron chi connectivity index (χ1n) is 9.88. The second-order valence-corrected chi connectivity index (χ2v) is 7.88. The van der Waals surface area contributed by atoms with E-state index in [2.05, 4.69) is 5.32 Å². The number of ether oxygens (including phenoxy) is 2. The van der Waals surface area contributed by atoms with Gasteiger partial charge < -0.3 is 14.8 Å². The van der Waals surface area contributed by atoms with E-state index in [1.54, 1.807) is 13.8 Å². The summed E-state index contributed by atoms with van der Waals surface area (Å²) >= 11 is 1.35. The first-order chi connectivity index (χ1) is 14.0. The Bertz CT molecular complexity index is 890. The Balaban J connectivity index is 1.93. The molecule has 1 atom stereocenters. The Labute approximate surface area is 174 Å². The molecule has 0 saturated heterocycles. The topological polar surface area (TPSA) is 81.7 Å². The molecule has 1 unspecified atom stereocenters. The van der Waals surface area contributed by atoms with Crippen molar-refractivity contribution in [2.24, 2.45) is 0 Å². The predicted octanol–water partition coefficient (Wildman–Crippen LogP) is 4.09. The highest BCUT2D eigenvalue weighted by molar-refractivity contribution is 7.17. The number of thiophene rings is 1. The molecule has 0 radical (unpaired) electrons. The molecule has 6 nitrogen and oxygen atoms in total. The summed E-state index contributed by atoms with van der Waals surface area (Å²) < 4.78 is 10.5. The maximum Gasteiger partial charge on any atom is 0.341 e. The fourth-order valence-electron chi connectivity index (χ4n) is 3.58. The molecule has 2 aromatic rings. The summed E-state index contributed by atoms with van der Waals surface area (Å²) in [5.41, 5.74) is 1.84. The first-order valence-corrected chi connectivity index (χ1v) is 10.7. The molecule has 1 aromatic heterocycles. The second kappa shape index (κ2) is 9.69. The average molecular weight is 416 g/mol. The van der Waals surface area contributed by atoms with Gasteiger partial charge in [-0.3, -0.25) is 9.59 Å². The number of anilines is 1. The van der Waals surface area contributed by atoms with Crippen molar-refractivity contribution < 1.29 is 23.9 Å². The molecule has 0 saturated carbocycles. The van der Waals surface area contributed by atoms with E-state index in [0.717, 1.165) is 23.3 Å². The van der Waals surface area contributed by atoms with Crippen LogP contribution in [0.15, 0.2) is 30.3 Å². The summed E-state index contributed by atoms with van der Waals surface area (Å²) in [5.74, 6) is -1.57. The van der Waals surface area contributed by atoms with Crippen LogP contribution >= 0.6 is 11.3 Å². The van der Waals surface area contributed by atoms with Gasteiger partial charge in [-0.05, 0) is 44.2 Å². The van der Waals surface area contributed by atoms with Crippen molar-refractivity contribution in [2.75, 3.05) is 18.5 Å². The molecule has 1 amide bonds. The van der Waals surface area contributed by atoms with Crippen LogP contribution in [0.25, 0.3) is 0 Å². The summed E-state index contributed by atoms with van der Waals surface area (Å²) in [5, 5.41) is 3.32. The van der Waals surface area contributed by atoms with Gasteiger partial charge in [0.1, 0.15) is 5.00 Å². The van der Waals surface area contributed by atoms with E-state index in [4.69, 9.17) is 9.47 Å². The Hall–Kier alpha value is -2.67. The number of hydrogen-bond acceptors (Lipinski definition) is 6. The van der Waals surface area contributed by atoms with Crippen LogP contribution in [-0.4, -0.2) is 31.1 Å². The Kier molecular flexibility index (Phi) is 7.04. The lowest BCUT2D eigenvalue weighted by atomic mass is 9.85. The van der Waals surface area contributed by atoms with Gasteiger partial charge in [0.05, 0.1) is 31.1 Å². The second-order valence-electron chi connectivity index (χ2n) is 6.77. The summed E-state index contributed by atoms with van der Waals surface area (Å²) in [7, 11) is 0. The molecule has 7 heteroatoms. The molecule has 154 valence electrons. The van der Waals surface area contributed by atoms with Crippen molar-refractivity contribution in [3.05, 3.63) is 51.9 Å². The lowest BCUT2D eigenvalue weighted by Gasteiger charge is -2.22. The lowest BCUT2D eigenvalue weighted by Crippen LogP contribution is -2.23. The maximum atomic E-state index is 12.7.